The molecule has 0 spiro atoms. The van der Waals surface area contributed by atoms with Crippen LogP contribution in [0.3, 0.4) is 0 Å². The highest BCUT2D eigenvalue weighted by molar-refractivity contribution is 5.86. The summed E-state index contributed by atoms with van der Waals surface area (Å²) in [4.78, 5) is 37.1. The van der Waals surface area contributed by atoms with Crippen molar-refractivity contribution in [1.29, 1.82) is 0 Å². The lowest BCUT2D eigenvalue weighted by Crippen LogP contribution is -2.53. The summed E-state index contributed by atoms with van der Waals surface area (Å²) in [5.74, 6) is -1.72. The second-order valence-corrected chi connectivity index (χ2v) is 6.14. The second-order valence-electron chi connectivity index (χ2n) is 6.14. The fraction of sp³-hybridized carbons (Fsp3) is 0.421. The van der Waals surface area contributed by atoms with E-state index in [-0.39, 0.29) is 30.7 Å². The molecule has 0 bridgehead atoms. The van der Waals surface area contributed by atoms with Crippen LogP contribution in [0.1, 0.15) is 31.2 Å². The Balaban J connectivity index is 1.94. The van der Waals surface area contributed by atoms with E-state index >= 15 is 0 Å². The number of carboxylic acid groups (broad SMARTS) is 1. The molecule has 0 aromatic heterocycles. The minimum atomic E-state index is -1.01. The van der Waals surface area contributed by atoms with Crippen LogP contribution in [0.4, 0.5) is 0 Å². The third kappa shape index (κ3) is 5.17. The Bertz CT molecular complexity index is 642. The molecule has 1 heterocycles. The van der Waals surface area contributed by atoms with Crippen LogP contribution in [-0.4, -0.2) is 47.4 Å². The van der Waals surface area contributed by atoms with Crippen LogP contribution in [-0.2, 0) is 14.4 Å². The van der Waals surface area contributed by atoms with Gasteiger partial charge in [0.2, 0.25) is 11.8 Å². The van der Waals surface area contributed by atoms with Gasteiger partial charge in [-0.1, -0.05) is 42.5 Å². The molecule has 2 N–H and O–H groups in total. The zero-order valence-corrected chi connectivity index (χ0v) is 14.4. The van der Waals surface area contributed by atoms with E-state index in [2.05, 4.69) is 5.32 Å². The number of aliphatic carboxylic acids is 1. The summed E-state index contributed by atoms with van der Waals surface area (Å²) < 4.78 is 0. The molecule has 2 amide bonds. The number of nitrogens with one attached hydrogen (secondary N) is 1. The van der Waals surface area contributed by atoms with Gasteiger partial charge in [0.05, 0.1) is 5.92 Å². The smallest absolute Gasteiger partial charge is 0.326 e. The highest BCUT2D eigenvalue weighted by Gasteiger charge is 2.37. The molecule has 0 aliphatic carbocycles. The summed E-state index contributed by atoms with van der Waals surface area (Å²) in [6.45, 7) is 0.165. The Labute approximate surface area is 147 Å². The van der Waals surface area contributed by atoms with Crippen LogP contribution in [0, 0.1) is 5.92 Å². The molecule has 1 aliphatic heterocycles. The number of benzene rings is 1. The molecule has 0 saturated carbocycles. The summed E-state index contributed by atoms with van der Waals surface area (Å²) in [6, 6.07) is 8.91. The van der Waals surface area contributed by atoms with Crippen molar-refractivity contribution < 1.29 is 19.5 Å². The van der Waals surface area contributed by atoms with Crippen LogP contribution in [0.2, 0.25) is 0 Å². The molecule has 6 heteroatoms. The van der Waals surface area contributed by atoms with Gasteiger partial charge in [0, 0.05) is 20.0 Å². The average Bonchev–Trinajstić information content (AvgIpc) is 2.64. The number of hydrogen-bond acceptors (Lipinski definition) is 3. The van der Waals surface area contributed by atoms with E-state index in [9.17, 15) is 19.5 Å². The molecule has 1 fully saturated rings. The topological polar surface area (TPSA) is 86.7 Å². The Morgan fingerprint density at radius 2 is 1.96 bits per heavy atom. The number of amides is 2. The Hall–Kier alpha value is -2.63. The SMILES string of the molecule is CNC(=O)[C@H]1CC[C@@H](C(=O)O)N(C(=O)CCC=Cc2ccccc2)C1. The van der Waals surface area contributed by atoms with Crippen molar-refractivity contribution in [2.24, 2.45) is 5.92 Å². The number of rotatable bonds is 6. The van der Waals surface area contributed by atoms with Crippen molar-refractivity contribution in [3.05, 3.63) is 42.0 Å². The van der Waals surface area contributed by atoms with E-state index in [4.69, 9.17) is 0 Å². The van der Waals surface area contributed by atoms with Crippen LogP contribution in [0.5, 0.6) is 0 Å². The molecule has 1 aromatic rings. The van der Waals surface area contributed by atoms with Gasteiger partial charge in [0.1, 0.15) is 6.04 Å². The maximum absolute atomic E-state index is 12.5. The molecular weight excluding hydrogens is 320 g/mol. The van der Waals surface area contributed by atoms with E-state index in [0.29, 0.717) is 19.3 Å². The van der Waals surface area contributed by atoms with Gasteiger partial charge in [-0.15, -0.1) is 0 Å². The third-order valence-electron chi connectivity index (χ3n) is 4.44. The molecule has 134 valence electrons. The fourth-order valence-electron chi connectivity index (χ4n) is 3.06. The number of carbonyl (C=O) groups excluding carboxylic acids is 2. The predicted octanol–water partition coefficient (Wildman–Crippen LogP) is 1.92. The van der Waals surface area contributed by atoms with E-state index in [0.717, 1.165) is 5.56 Å². The zero-order valence-electron chi connectivity index (χ0n) is 14.4. The first-order valence-corrected chi connectivity index (χ1v) is 8.48. The lowest BCUT2D eigenvalue weighted by molar-refractivity contribution is -0.154. The van der Waals surface area contributed by atoms with E-state index in [1.165, 1.54) is 4.90 Å². The lowest BCUT2D eigenvalue weighted by Gasteiger charge is -2.36. The minimum absolute atomic E-state index is 0.148. The van der Waals surface area contributed by atoms with Gasteiger partial charge in [-0.2, -0.15) is 0 Å². The largest absolute Gasteiger partial charge is 0.480 e. The quantitative estimate of drug-likeness (QED) is 0.825. The zero-order chi connectivity index (χ0) is 18.2. The van der Waals surface area contributed by atoms with Crippen LogP contribution >= 0.6 is 0 Å². The predicted molar refractivity (Wildman–Crippen MR) is 94.6 cm³/mol. The fourth-order valence-corrected chi connectivity index (χ4v) is 3.06. The number of piperidine rings is 1. The Morgan fingerprint density at radius 3 is 2.60 bits per heavy atom. The van der Waals surface area contributed by atoms with Crippen molar-refractivity contribution in [3.8, 4) is 0 Å². The number of carboxylic acids is 1. The van der Waals surface area contributed by atoms with Gasteiger partial charge in [-0.05, 0) is 24.8 Å². The third-order valence-corrected chi connectivity index (χ3v) is 4.44. The molecule has 1 aliphatic rings. The normalized spacial score (nSPS) is 20.4. The number of likely N-dealkylation sites (tertiary alicyclic amines) is 1. The van der Waals surface area contributed by atoms with Gasteiger partial charge in [-0.25, -0.2) is 4.79 Å². The van der Waals surface area contributed by atoms with Gasteiger partial charge in [-0.3, -0.25) is 9.59 Å². The van der Waals surface area contributed by atoms with E-state index < -0.39 is 12.0 Å². The number of allylic oxidation sites excluding steroid dienone is 1. The van der Waals surface area contributed by atoms with Crippen LogP contribution in [0.15, 0.2) is 36.4 Å². The molecule has 2 rings (SSSR count). The lowest BCUT2D eigenvalue weighted by atomic mass is 9.91. The highest BCUT2D eigenvalue weighted by atomic mass is 16.4. The molecule has 0 unspecified atom stereocenters. The molecule has 6 nitrogen and oxygen atoms in total. The van der Waals surface area contributed by atoms with Crippen molar-refractivity contribution in [2.45, 2.75) is 31.7 Å². The van der Waals surface area contributed by atoms with Crippen molar-refractivity contribution in [2.75, 3.05) is 13.6 Å². The second kappa shape index (κ2) is 9.01. The van der Waals surface area contributed by atoms with Crippen LogP contribution in [0.25, 0.3) is 6.08 Å². The number of nitrogens with zero attached hydrogens (tertiary/aromatic N) is 1. The average molecular weight is 344 g/mol. The molecule has 1 saturated heterocycles. The molecular formula is C19H24N2O4. The van der Waals surface area contributed by atoms with Crippen molar-refractivity contribution in [3.63, 3.8) is 0 Å². The van der Waals surface area contributed by atoms with Crippen LogP contribution < -0.4 is 5.32 Å². The first-order valence-electron chi connectivity index (χ1n) is 8.48. The summed E-state index contributed by atoms with van der Waals surface area (Å²) in [5.41, 5.74) is 1.05. The maximum atomic E-state index is 12.5. The summed E-state index contributed by atoms with van der Waals surface area (Å²) in [5, 5.41) is 11.9. The minimum Gasteiger partial charge on any atom is -0.480 e. The summed E-state index contributed by atoms with van der Waals surface area (Å²) in [6.07, 6.45) is 5.39. The first kappa shape index (κ1) is 18.7. The first-order chi connectivity index (χ1) is 12.0. The molecule has 1 aromatic carbocycles. The Kier molecular flexibility index (Phi) is 6.74. The van der Waals surface area contributed by atoms with E-state index in [1.54, 1.807) is 7.05 Å². The molecule has 0 radical (unpaired) electrons. The van der Waals surface area contributed by atoms with Crippen molar-refractivity contribution in [1.82, 2.24) is 10.2 Å². The number of hydrogen-bond donors (Lipinski definition) is 2. The standard InChI is InChI=1S/C19H24N2O4/c1-20-18(23)15-11-12-16(19(24)25)21(13-15)17(22)10-6-5-9-14-7-3-2-4-8-14/h2-5,7-9,15-16H,6,10-13H2,1H3,(H,20,23)(H,24,25)/t15-,16-/m0/s1. The van der Waals surface area contributed by atoms with Gasteiger partial charge < -0.3 is 15.3 Å². The summed E-state index contributed by atoms with van der Waals surface area (Å²) in [7, 11) is 1.55. The van der Waals surface area contributed by atoms with Gasteiger partial charge in [0.15, 0.2) is 0 Å². The number of carbonyl (C=O) groups is 3. The Morgan fingerprint density at radius 1 is 1.24 bits per heavy atom. The van der Waals surface area contributed by atoms with Gasteiger partial charge >= 0.3 is 5.97 Å². The molecule has 25 heavy (non-hydrogen) atoms. The highest BCUT2D eigenvalue weighted by Crippen LogP contribution is 2.23. The maximum Gasteiger partial charge on any atom is 0.326 e. The summed E-state index contributed by atoms with van der Waals surface area (Å²) >= 11 is 0. The molecule has 2 atom stereocenters. The van der Waals surface area contributed by atoms with Crippen molar-refractivity contribution >= 4 is 23.9 Å². The monoisotopic (exact) mass is 344 g/mol. The van der Waals surface area contributed by atoms with E-state index in [1.807, 2.05) is 42.5 Å². The van der Waals surface area contributed by atoms with Gasteiger partial charge in [0.25, 0.3) is 0 Å².